The molecule has 2 amide bonds. The highest BCUT2D eigenvalue weighted by Crippen LogP contribution is 2.53. The number of methoxy groups -OCH3 is 1. The first-order valence-electron chi connectivity index (χ1n) is 13.9. The Bertz CT molecular complexity index is 1930. The Hall–Kier alpha value is -5.17. The minimum Gasteiger partial charge on any atom is -0.497 e. The number of hydrogen-bond acceptors (Lipinski definition) is 5. The Balaban J connectivity index is 1.44. The highest BCUT2D eigenvalue weighted by atomic mass is 16.5. The van der Waals surface area contributed by atoms with Crippen molar-refractivity contribution in [3.8, 4) is 5.75 Å². The summed E-state index contributed by atoms with van der Waals surface area (Å²) in [5.41, 5.74) is 2.47. The van der Waals surface area contributed by atoms with Crippen molar-refractivity contribution in [2.75, 3.05) is 18.6 Å². The lowest BCUT2D eigenvalue weighted by molar-refractivity contribution is -0.126. The molecule has 7 nitrogen and oxygen atoms in total. The molecule has 0 N–H and O–H groups in total. The maximum atomic E-state index is 14.9. The van der Waals surface area contributed by atoms with Gasteiger partial charge in [0.2, 0.25) is 5.76 Å². The molecular weight excluding hydrogens is 528 g/mol. The van der Waals surface area contributed by atoms with Crippen molar-refractivity contribution in [2.45, 2.75) is 25.4 Å². The number of hydrogen-bond donors (Lipinski definition) is 0. The van der Waals surface area contributed by atoms with E-state index in [1.807, 2.05) is 91.9 Å². The van der Waals surface area contributed by atoms with E-state index >= 15 is 0 Å². The Morgan fingerprint density at radius 2 is 1.57 bits per heavy atom. The van der Waals surface area contributed by atoms with Crippen LogP contribution in [0, 0.1) is 6.92 Å². The lowest BCUT2D eigenvalue weighted by Gasteiger charge is -2.34. The van der Waals surface area contributed by atoms with Crippen LogP contribution >= 0.6 is 0 Å². The Kier molecular flexibility index (Phi) is 5.97. The summed E-state index contributed by atoms with van der Waals surface area (Å²) < 4.78 is 11.5. The highest BCUT2D eigenvalue weighted by molar-refractivity contribution is 6.17. The van der Waals surface area contributed by atoms with Crippen molar-refractivity contribution in [1.82, 2.24) is 4.90 Å². The van der Waals surface area contributed by atoms with Gasteiger partial charge in [0.1, 0.15) is 11.3 Å². The van der Waals surface area contributed by atoms with Gasteiger partial charge in [-0.2, -0.15) is 0 Å². The van der Waals surface area contributed by atoms with E-state index in [0.717, 1.165) is 22.4 Å². The third-order valence-electron chi connectivity index (χ3n) is 8.36. The van der Waals surface area contributed by atoms with Crippen LogP contribution in [0.5, 0.6) is 5.75 Å². The summed E-state index contributed by atoms with van der Waals surface area (Å²) in [6.45, 7) is 2.39. The minimum absolute atomic E-state index is 0.0733. The number of nitrogens with zero attached hydrogens (tertiary/aromatic N) is 2. The van der Waals surface area contributed by atoms with E-state index in [1.54, 1.807) is 29.0 Å². The van der Waals surface area contributed by atoms with Gasteiger partial charge < -0.3 is 19.0 Å². The summed E-state index contributed by atoms with van der Waals surface area (Å²) in [5, 5.41) is 0.352. The molecule has 2 aliphatic rings. The molecule has 7 heteroatoms. The first-order chi connectivity index (χ1) is 20.4. The normalized spacial score (nSPS) is 17.3. The first-order valence-corrected chi connectivity index (χ1v) is 13.9. The number of rotatable bonds is 6. The van der Waals surface area contributed by atoms with Crippen molar-refractivity contribution in [3.63, 3.8) is 0 Å². The quantitative estimate of drug-likeness (QED) is 0.272. The molecule has 7 rings (SSSR count). The van der Waals surface area contributed by atoms with Gasteiger partial charge in [-0.15, -0.1) is 0 Å². The molecule has 3 heterocycles. The van der Waals surface area contributed by atoms with Gasteiger partial charge in [0.25, 0.3) is 11.8 Å². The zero-order valence-corrected chi connectivity index (χ0v) is 23.3. The minimum atomic E-state index is -1.65. The highest BCUT2D eigenvalue weighted by Gasteiger charge is 2.64. The van der Waals surface area contributed by atoms with Crippen LogP contribution < -0.4 is 15.1 Å². The number of para-hydroxylation sites is 1. The average molecular weight is 557 g/mol. The van der Waals surface area contributed by atoms with Gasteiger partial charge in [-0.05, 0) is 54.8 Å². The van der Waals surface area contributed by atoms with Gasteiger partial charge in [0.05, 0.1) is 30.3 Å². The number of carbonyl (C=O) groups is 2. The van der Waals surface area contributed by atoms with Gasteiger partial charge >= 0.3 is 0 Å². The number of ether oxygens (including phenoxy) is 1. The maximum absolute atomic E-state index is 14.9. The summed E-state index contributed by atoms with van der Waals surface area (Å²) in [6.07, 6.45) is 0.465. The maximum Gasteiger partial charge on any atom is 0.291 e. The number of benzene rings is 4. The van der Waals surface area contributed by atoms with Crippen LogP contribution in [0.4, 0.5) is 5.69 Å². The molecule has 0 bridgehead atoms. The fraction of sp³-hybridized carbons (Fsp3) is 0.171. The van der Waals surface area contributed by atoms with Gasteiger partial charge in [-0.25, -0.2) is 0 Å². The molecule has 1 unspecified atom stereocenters. The molecule has 1 atom stereocenters. The second kappa shape index (κ2) is 9.73. The molecule has 0 radical (unpaired) electrons. The second-order valence-corrected chi connectivity index (χ2v) is 10.8. The largest absolute Gasteiger partial charge is 0.497 e. The summed E-state index contributed by atoms with van der Waals surface area (Å²) in [5.74, 6) is -0.152. The molecule has 0 aliphatic carbocycles. The summed E-state index contributed by atoms with van der Waals surface area (Å²) in [7, 11) is 1.61. The number of carbonyl (C=O) groups excluding carboxylic acids is 2. The van der Waals surface area contributed by atoms with Crippen LogP contribution in [0.2, 0.25) is 0 Å². The topological polar surface area (TPSA) is 80.1 Å². The Morgan fingerprint density at radius 3 is 2.33 bits per heavy atom. The summed E-state index contributed by atoms with van der Waals surface area (Å²) >= 11 is 0. The fourth-order valence-corrected chi connectivity index (χ4v) is 6.36. The average Bonchev–Trinajstić information content (AvgIpc) is 3.41. The summed E-state index contributed by atoms with van der Waals surface area (Å²) in [6, 6.07) is 30.0. The van der Waals surface area contributed by atoms with Crippen molar-refractivity contribution < 1.29 is 18.7 Å². The number of amides is 2. The smallest absolute Gasteiger partial charge is 0.291 e. The van der Waals surface area contributed by atoms with Gasteiger partial charge in [-0.3, -0.25) is 14.4 Å². The molecule has 1 aromatic heterocycles. The number of anilines is 1. The number of fused-ring (bicyclic) bond motifs is 5. The molecule has 4 aromatic carbocycles. The fourth-order valence-electron chi connectivity index (χ4n) is 6.36. The summed E-state index contributed by atoms with van der Waals surface area (Å²) in [4.78, 5) is 46.8. The Labute approximate surface area is 242 Å². The Morgan fingerprint density at radius 1 is 0.833 bits per heavy atom. The molecular formula is C35H28N2O5. The van der Waals surface area contributed by atoms with E-state index in [4.69, 9.17) is 9.15 Å². The van der Waals surface area contributed by atoms with E-state index in [-0.39, 0.29) is 29.2 Å². The first kappa shape index (κ1) is 25.8. The number of aryl methyl sites for hydroxylation is 1. The van der Waals surface area contributed by atoms with Crippen LogP contribution in [-0.4, -0.2) is 30.4 Å². The van der Waals surface area contributed by atoms with Gasteiger partial charge in [0.15, 0.2) is 11.0 Å². The van der Waals surface area contributed by atoms with E-state index in [9.17, 15) is 14.4 Å². The van der Waals surface area contributed by atoms with Gasteiger partial charge in [-0.1, -0.05) is 72.3 Å². The molecule has 1 spiro atoms. The van der Waals surface area contributed by atoms with Crippen molar-refractivity contribution >= 4 is 28.5 Å². The predicted octanol–water partition coefficient (Wildman–Crippen LogP) is 5.60. The third-order valence-corrected chi connectivity index (χ3v) is 8.36. The lowest BCUT2D eigenvalue weighted by atomic mass is 9.83. The molecule has 5 aromatic rings. The molecule has 0 saturated heterocycles. The molecule has 42 heavy (non-hydrogen) atoms. The van der Waals surface area contributed by atoms with Crippen molar-refractivity contribution in [3.05, 3.63) is 141 Å². The monoisotopic (exact) mass is 556 g/mol. The van der Waals surface area contributed by atoms with E-state index in [0.29, 0.717) is 35.2 Å². The van der Waals surface area contributed by atoms with Crippen LogP contribution in [-0.2, 0) is 23.3 Å². The van der Waals surface area contributed by atoms with Gasteiger partial charge in [0, 0.05) is 12.1 Å². The zero-order chi connectivity index (χ0) is 29.0. The zero-order valence-electron chi connectivity index (χ0n) is 23.3. The third kappa shape index (κ3) is 3.70. The van der Waals surface area contributed by atoms with Crippen molar-refractivity contribution in [2.24, 2.45) is 0 Å². The SMILES string of the molecule is COc1ccc(CCN2C(=O)c3oc4ccc(C)cc4c(=O)c3C23C(=O)N(Cc2ccccc2)c2ccccc23)cc1. The standard InChI is InChI=1S/C35H28N2O5/c1-22-12-17-29-26(20-22)31(38)30-32(42-29)33(39)37(19-18-23-13-15-25(41-2)16-14-23)35(30)27-10-6-7-11-28(27)36(34(35)40)21-24-8-4-3-5-9-24/h3-17,20H,18-19,21H2,1-2H3. The van der Waals surface area contributed by atoms with E-state index in [1.165, 1.54) is 0 Å². The second-order valence-electron chi connectivity index (χ2n) is 10.8. The van der Waals surface area contributed by atoms with Crippen LogP contribution in [0.15, 0.2) is 106 Å². The van der Waals surface area contributed by atoms with Crippen LogP contribution in [0.3, 0.4) is 0 Å². The van der Waals surface area contributed by atoms with E-state index < -0.39 is 11.4 Å². The van der Waals surface area contributed by atoms with Crippen LogP contribution in [0.25, 0.3) is 11.0 Å². The van der Waals surface area contributed by atoms with Crippen LogP contribution in [0.1, 0.15) is 38.4 Å². The predicted molar refractivity (Wildman–Crippen MR) is 160 cm³/mol. The molecule has 2 aliphatic heterocycles. The molecule has 0 fully saturated rings. The lowest BCUT2D eigenvalue weighted by Crippen LogP contribution is -2.53. The van der Waals surface area contributed by atoms with E-state index in [2.05, 4.69) is 0 Å². The molecule has 0 saturated carbocycles. The molecule has 208 valence electrons. The van der Waals surface area contributed by atoms with Crippen molar-refractivity contribution in [1.29, 1.82) is 0 Å².